The highest BCUT2D eigenvalue weighted by atomic mass is 16.5. The number of hydrogen-bond acceptors (Lipinski definition) is 5. The SMILES string of the molecule is COC(=O)C(NC(=O)C(C)Oc1ccc(-c2ccccc2)cc1)C(C)O. The molecule has 0 aromatic heterocycles. The Labute approximate surface area is 152 Å². The maximum absolute atomic E-state index is 12.2. The number of amides is 1. The van der Waals surface area contributed by atoms with Gasteiger partial charge in [-0.25, -0.2) is 4.79 Å². The first-order valence-corrected chi connectivity index (χ1v) is 8.30. The van der Waals surface area contributed by atoms with Crippen LogP contribution in [-0.2, 0) is 14.3 Å². The van der Waals surface area contributed by atoms with Crippen LogP contribution < -0.4 is 10.1 Å². The van der Waals surface area contributed by atoms with Crippen LogP contribution in [0.2, 0.25) is 0 Å². The summed E-state index contributed by atoms with van der Waals surface area (Å²) in [6.45, 7) is 2.96. The Balaban J connectivity index is 1.99. The van der Waals surface area contributed by atoms with Crippen LogP contribution in [0.3, 0.4) is 0 Å². The van der Waals surface area contributed by atoms with E-state index in [1.807, 2.05) is 42.5 Å². The number of esters is 1. The number of aliphatic hydroxyl groups excluding tert-OH is 1. The molecule has 26 heavy (non-hydrogen) atoms. The quantitative estimate of drug-likeness (QED) is 0.742. The standard InChI is InChI=1S/C20H23NO5/c1-13(22)18(20(24)25-3)21-19(23)14(2)26-17-11-9-16(10-12-17)15-7-5-4-6-8-15/h4-14,18,22H,1-3H3,(H,21,23). The summed E-state index contributed by atoms with van der Waals surface area (Å²) in [7, 11) is 1.19. The van der Waals surface area contributed by atoms with Gasteiger partial charge in [0.1, 0.15) is 5.75 Å². The fourth-order valence-electron chi connectivity index (χ4n) is 2.39. The van der Waals surface area contributed by atoms with Gasteiger partial charge in [0.25, 0.3) is 5.91 Å². The third kappa shape index (κ3) is 5.07. The van der Waals surface area contributed by atoms with Gasteiger partial charge in [0, 0.05) is 0 Å². The summed E-state index contributed by atoms with van der Waals surface area (Å²) in [5.41, 5.74) is 2.12. The Kier molecular flexibility index (Phi) is 6.74. The van der Waals surface area contributed by atoms with Crippen LogP contribution in [0.4, 0.5) is 0 Å². The van der Waals surface area contributed by atoms with Gasteiger partial charge in [0.15, 0.2) is 12.1 Å². The van der Waals surface area contributed by atoms with Crippen molar-refractivity contribution in [1.82, 2.24) is 5.32 Å². The number of ether oxygens (including phenoxy) is 2. The Morgan fingerprint density at radius 3 is 2.08 bits per heavy atom. The van der Waals surface area contributed by atoms with Crippen LogP contribution in [0.15, 0.2) is 54.6 Å². The maximum atomic E-state index is 12.2. The van der Waals surface area contributed by atoms with Gasteiger partial charge in [-0.3, -0.25) is 4.79 Å². The number of carbonyl (C=O) groups is 2. The second kappa shape index (κ2) is 9.01. The Hall–Kier alpha value is -2.86. The third-order valence-corrected chi connectivity index (χ3v) is 3.88. The average Bonchev–Trinajstić information content (AvgIpc) is 2.66. The van der Waals surface area contributed by atoms with Crippen molar-refractivity contribution in [2.24, 2.45) is 0 Å². The number of rotatable bonds is 7. The molecule has 3 unspecified atom stereocenters. The number of aliphatic hydroxyl groups is 1. The van der Waals surface area contributed by atoms with Gasteiger partial charge in [-0.2, -0.15) is 0 Å². The molecule has 0 heterocycles. The molecule has 138 valence electrons. The molecule has 6 nitrogen and oxygen atoms in total. The zero-order chi connectivity index (χ0) is 19.1. The first-order chi connectivity index (χ1) is 12.4. The number of hydrogen-bond donors (Lipinski definition) is 2. The van der Waals surface area contributed by atoms with Gasteiger partial charge < -0.3 is 19.9 Å². The highest BCUT2D eigenvalue weighted by Crippen LogP contribution is 2.22. The van der Waals surface area contributed by atoms with E-state index in [0.717, 1.165) is 11.1 Å². The van der Waals surface area contributed by atoms with Crippen molar-refractivity contribution in [2.45, 2.75) is 32.1 Å². The molecule has 0 radical (unpaired) electrons. The van der Waals surface area contributed by atoms with Crippen molar-refractivity contribution >= 4 is 11.9 Å². The van der Waals surface area contributed by atoms with E-state index < -0.39 is 30.1 Å². The molecule has 0 aliphatic rings. The first kappa shape index (κ1) is 19.5. The van der Waals surface area contributed by atoms with Crippen molar-refractivity contribution in [2.75, 3.05) is 7.11 Å². The normalized spacial score (nSPS) is 14.0. The Bertz CT molecular complexity index is 728. The molecular weight excluding hydrogens is 334 g/mol. The minimum atomic E-state index is -1.14. The van der Waals surface area contributed by atoms with Crippen molar-refractivity contribution in [3.63, 3.8) is 0 Å². The highest BCUT2D eigenvalue weighted by Gasteiger charge is 2.28. The van der Waals surface area contributed by atoms with Crippen LogP contribution in [0.1, 0.15) is 13.8 Å². The minimum Gasteiger partial charge on any atom is -0.481 e. The number of carbonyl (C=O) groups excluding carboxylic acids is 2. The van der Waals surface area contributed by atoms with Crippen LogP contribution in [0, 0.1) is 0 Å². The molecule has 2 rings (SSSR count). The molecule has 3 atom stereocenters. The summed E-state index contributed by atoms with van der Waals surface area (Å²) in [5.74, 6) is -0.708. The van der Waals surface area contributed by atoms with Crippen LogP contribution in [0.5, 0.6) is 5.75 Å². The number of methoxy groups -OCH3 is 1. The molecule has 0 saturated heterocycles. The summed E-state index contributed by atoms with van der Waals surface area (Å²) in [6, 6.07) is 16.1. The molecule has 0 aliphatic carbocycles. The van der Waals surface area contributed by atoms with E-state index in [0.29, 0.717) is 5.75 Å². The minimum absolute atomic E-state index is 0.520. The molecule has 2 aromatic rings. The van der Waals surface area contributed by atoms with E-state index in [4.69, 9.17) is 4.74 Å². The lowest BCUT2D eigenvalue weighted by atomic mass is 10.1. The Morgan fingerprint density at radius 2 is 1.54 bits per heavy atom. The molecule has 0 bridgehead atoms. The van der Waals surface area contributed by atoms with Crippen LogP contribution >= 0.6 is 0 Å². The zero-order valence-corrected chi connectivity index (χ0v) is 15.0. The highest BCUT2D eigenvalue weighted by molar-refractivity contribution is 5.87. The van der Waals surface area contributed by atoms with Crippen molar-refractivity contribution in [3.05, 3.63) is 54.6 Å². The largest absolute Gasteiger partial charge is 0.481 e. The monoisotopic (exact) mass is 357 g/mol. The maximum Gasteiger partial charge on any atom is 0.331 e. The van der Waals surface area contributed by atoms with Crippen molar-refractivity contribution < 1.29 is 24.2 Å². The summed E-state index contributed by atoms with van der Waals surface area (Å²) in [5, 5.41) is 12.1. The fraction of sp³-hybridized carbons (Fsp3) is 0.300. The summed E-state index contributed by atoms with van der Waals surface area (Å²) < 4.78 is 10.2. The van der Waals surface area contributed by atoms with E-state index in [2.05, 4.69) is 10.1 Å². The van der Waals surface area contributed by atoms with Crippen molar-refractivity contribution in [1.29, 1.82) is 0 Å². The molecule has 0 spiro atoms. The van der Waals surface area contributed by atoms with E-state index in [1.165, 1.54) is 14.0 Å². The topological polar surface area (TPSA) is 84.9 Å². The van der Waals surface area contributed by atoms with Gasteiger partial charge in [-0.05, 0) is 37.1 Å². The van der Waals surface area contributed by atoms with Gasteiger partial charge in [-0.1, -0.05) is 42.5 Å². The second-order valence-corrected chi connectivity index (χ2v) is 5.90. The van der Waals surface area contributed by atoms with Gasteiger partial charge >= 0.3 is 5.97 Å². The summed E-state index contributed by atoms with van der Waals surface area (Å²) >= 11 is 0. The number of benzene rings is 2. The second-order valence-electron chi connectivity index (χ2n) is 5.90. The van der Waals surface area contributed by atoms with E-state index in [1.54, 1.807) is 19.1 Å². The molecular formula is C20H23NO5. The Morgan fingerprint density at radius 1 is 0.962 bits per heavy atom. The number of nitrogens with one attached hydrogen (secondary N) is 1. The van der Waals surface area contributed by atoms with E-state index in [9.17, 15) is 14.7 Å². The van der Waals surface area contributed by atoms with Crippen LogP contribution in [0.25, 0.3) is 11.1 Å². The molecule has 1 amide bonds. The smallest absolute Gasteiger partial charge is 0.331 e. The van der Waals surface area contributed by atoms with Gasteiger partial charge in [-0.15, -0.1) is 0 Å². The molecule has 0 fully saturated rings. The third-order valence-electron chi connectivity index (χ3n) is 3.88. The zero-order valence-electron chi connectivity index (χ0n) is 15.0. The predicted molar refractivity (Wildman–Crippen MR) is 97.6 cm³/mol. The molecule has 0 aliphatic heterocycles. The summed E-state index contributed by atoms with van der Waals surface area (Å²) in [4.78, 5) is 23.8. The summed E-state index contributed by atoms with van der Waals surface area (Å²) in [6.07, 6.45) is -1.92. The van der Waals surface area contributed by atoms with Crippen molar-refractivity contribution in [3.8, 4) is 16.9 Å². The van der Waals surface area contributed by atoms with Gasteiger partial charge in [0.2, 0.25) is 0 Å². The molecule has 0 saturated carbocycles. The van der Waals surface area contributed by atoms with Crippen LogP contribution in [-0.4, -0.2) is 42.3 Å². The lowest BCUT2D eigenvalue weighted by Gasteiger charge is -2.21. The first-order valence-electron chi connectivity index (χ1n) is 8.30. The lowest BCUT2D eigenvalue weighted by molar-refractivity contribution is -0.148. The average molecular weight is 357 g/mol. The lowest BCUT2D eigenvalue weighted by Crippen LogP contribution is -2.51. The van der Waals surface area contributed by atoms with E-state index >= 15 is 0 Å². The molecule has 6 heteroatoms. The van der Waals surface area contributed by atoms with E-state index in [-0.39, 0.29) is 0 Å². The molecule has 2 N–H and O–H groups in total. The van der Waals surface area contributed by atoms with Gasteiger partial charge in [0.05, 0.1) is 13.2 Å². The fourth-order valence-corrected chi connectivity index (χ4v) is 2.39. The predicted octanol–water partition coefficient (Wildman–Crippen LogP) is 2.16. The molecule has 2 aromatic carbocycles.